The Labute approximate surface area is 135 Å². The van der Waals surface area contributed by atoms with Gasteiger partial charge in [-0.25, -0.2) is 4.98 Å². The molecule has 22 heavy (non-hydrogen) atoms. The van der Waals surface area contributed by atoms with Gasteiger partial charge in [0.15, 0.2) is 5.16 Å². The van der Waals surface area contributed by atoms with Crippen LogP contribution >= 0.6 is 11.8 Å². The lowest BCUT2D eigenvalue weighted by Gasteiger charge is -2.09. The van der Waals surface area contributed by atoms with Gasteiger partial charge in [-0.2, -0.15) is 0 Å². The molecule has 2 rings (SSSR count). The van der Waals surface area contributed by atoms with E-state index < -0.39 is 0 Å². The third-order valence-corrected chi connectivity index (χ3v) is 4.17. The average Bonchev–Trinajstić information content (AvgIpc) is 2.43. The fourth-order valence-electron chi connectivity index (χ4n) is 2.14. The van der Waals surface area contributed by atoms with Crippen LogP contribution in [0.5, 0.6) is 5.75 Å². The van der Waals surface area contributed by atoms with Crippen LogP contribution in [0.25, 0.3) is 0 Å². The molecule has 0 aliphatic heterocycles. The van der Waals surface area contributed by atoms with Crippen LogP contribution in [0.3, 0.4) is 0 Å². The van der Waals surface area contributed by atoms with Gasteiger partial charge in [0, 0.05) is 17.5 Å². The molecule has 1 aromatic heterocycles. The van der Waals surface area contributed by atoms with Gasteiger partial charge < -0.3 is 9.72 Å². The molecule has 1 aromatic carbocycles. The maximum Gasteiger partial charge on any atom is 0.251 e. The van der Waals surface area contributed by atoms with Gasteiger partial charge in [-0.05, 0) is 45.2 Å². The Kier molecular flexibility index (Phi) is 6.07. The van der Waals surface area contributed by atoms with Gasteiger partial charge in [-0.3, -0.25) is 4.79 Å². The zero-order chi connectivity index (χ0) is 15.9. The fraction of sp³-hybridized carbons (Fsp3) is 0.412. The monoisotopic (exact) mass is 318 g/mol. The van der Waals surface area contributed by atoms with Gasteiger partial charge in [-0.15, -0.1) is 0 Å². The first kappa shape index (κ1) is 16.6. The Balaban J connectivity index is 1.68. The molecule has 0 unspecified atom stereocenters. The van der Waals surface area contributed by atoms with Crippen molar-refractivity contribution in [3.63, 3.8) is 0 Å². The number of benzene rings is 1. The van der Waals surface area contributed by atoms with Gasteiger partial charge in [0.1, 0.15) is 5.75 Å². The highest BCUT2D eigenvalue weighted by atomic mass is 32.2. The molecular weight excluding hydrogens is 296 g/mol. The third kappa shape index (κ3) is 5.22. The second-order valence-electron chi connectivity index (χ2n) is 5.36. The van der Waals surface area contributed by atoms with E-state index in [4.69, 9.17) is 4.74 Å². The van der Waals surface area contributed by atoms with E-state index in [9.17, 15) is 4.79 Å². The number of nitrogens with zero attached hydrogens (tertiary/aromatic N) is 1. The second-order valence-corrected chi connectivity index (χ2v) is 6.45. The van der Waals surface area contributed by atoms with Crippen LogP contribution in [0.4, 0.5) is 0 Å². The van der Waals surface area contributed by atoms with E-state index in [1.54, 1.807) is 11.8 Å². The van der Waals surface area contributed by atoms with Crippen molar-refractivity contribution < 1.29 is 4.74 Å². The van der Waals surface area contributed by atoms with Crippen LogP contribution in [0.15, 0.2) is 34.2 Å². The van der Waals surface area contributed by atoms with E-state index in [2.05, 4.69) is 35.9 Å². The molecule has 1 N–H and O–H groups in total. The summed E-state index contributed by atoms with van der Waals surface area (Å²) in [7, 11) is 0. The molecule has 5 heteroatoms. The van der Waals surface area contributed by atoms with Crippen LogP contribution in [0.1, 0.15) is 29.7 Å². The molecular formula is C17H22N2O2S. The van der Waals surface area contributed by atoms with E-state index in [1.807, 2.05) is 13.0 Å². The molecule has 0 spiro atoms. The highest BCUT2D eigenvalue weighted by Gasteiger charge is 2.01. The number of nitrogens with one attached hydrogen (secondary N) is 1. The van der Waals surface area contributed by atoms with Crippen LogP contribution in [-0.4, -0.2) is 22.3 Å². The quantitative estimate of drug-likeness (QED) is 0.481. The van der Waals surface area contributed by atoms with Crippen molar-refractivity contribution in [3.8, 4) is 5.75 Å². The van der Waals surface area contributed by atoms with E-state index in [0.29, 0.717) is 11.8 Å². The highest BCUT2D eigenvalue weighted by Crippen LogP contribution is 2.19. The van der Waals surface area contributed by atoms with Crippen molar-refractivity contribution in [2.24, 2.45) is 0 Å². The number of thioether (sulfide) groups is 1. The number of hydrogen-bond donors (Lipinski definition) is 1. The summed E-state index contributed by atoms with van der Waals surface area (Å²) in [4.78, 5) is 18.4. The summed E-state index contributed by atoms with van der Waals surface area (Å²) in [5.74, 6) is 1.88. The number of aromatic amines is 1. The topological polar surface area (TPSA) is 55.0 Å². The zero-order valence-electron chi connectivity index (χ0n) is 13.3. The molecule has 0 atom stereocenters. The van der Waals surface area contributed by atoms with Crippen molar-refractivity contribution in [2.75, 3.05) is 12.4 Å². The van der Waals surface area contributed by atoms with Gasteiger partial charge >= 0.3 is 0 Å². The number of aryl methyl sites for hydroxylation is 3. The summed E-state index contributed by atoms with van der Waals surface area (Å²) >= 11 is 1.58. The predicted octanol–water partition coefficient (Wildman–Crippen LogP) is 3.65. The van der Waals surface area contributed by atoms with Gasteiger partial charge in [0.2, 0.25) is 0 Å². The fourth-order valence-corrected chi connectivity index (χ4v) is 3.06. The smallest absolute Gasteiger partial charge is 0.251 e. The van der Waals surface area contributed by atoms with Crippen molar-refractivity contribution in [3.05, 3.63) is 51.4 Å². The molecule has 0 saturated carbocycles. The van der Waals surface area contributed by atoms with Crippen molar-refractivity contribution in [1.29, 1.82) is 0 Å². The van der Waals surface area contributed by atoms with Crippen molar-refractivity contribution in [1.82, 2.24) is 9.97 Å². The lowest BCUT2D eigenvalue weighted by Crippen LogP contribution is -2.08. The SMILES string of the molecule is Cc1ccc(OCCCCSc2nc(C)cc(=O)[nH]2)c(C)c1. The van der Waals surface area contributed by atoms with Gasteiger partial charge in [-0.1, -0.05) is 29.5 Å². The largest absolute Gasteiger partial charge is 0.493 e. The van der Waals surface area contributed by atoms with Gasteiger partial charge in [0.25, 0.3) is 5.56 Å². The Morgan fingerprint density at radius 1 is 1.18 bits per heavy atom. The molecule has 0 radical (unpaired) electrons. The minimum absolute atomic E-state index is 0.0896. The number of aromatic nitrogens is 2. The van der Waals surface area contributed by atoms with E-state index in [0.717, 1.165) is 30.0 Å². The predicted molar refractivity (Wildman–Crippen MR) is 91.0 cm³/mol. The van der Waals surface area contributed by atoms with E-state index >= 15 is 0 Å². The minimum atomic E-state index is -0.0896. The Bertz CT molecular complexity index is 683. The van der Waals surface area contributed by atoms with Gasteiger partial charge in [0.05, 0.1) is 6.61 Å². The standard InChI is InChI=1S/C17H22N2O2S/c1-12-6-7-15(13(2)10-12)21-8-4-5-9-22-17-18-14(3)11-16(20)19-17/h6-7,10-11H,4-5,8-9H2,1-3H3,(H,18,19,20). The summed E-state index contributed by atoms with van der Waals surface area (Å²) in [6.45, 7) is 6.69. The first-order valence-corrected chi connectivity index (χ1v) is 8.44. The lowest BCUT2D eigenvalue weighted by atomic mass is 10.1. The summed E-state index contributed by atoms with van der Waals surface area (Å²) < 4.78 is 5.80. The number of ether oxygens (including phenoxy) is 1. The molecule has 0 saturated heterocycles. The number of H-pyrrole nitrogens is 1. The lowest BCUT2D eigenvalue weighted by molar-refractivity contribution is 0.308. The van der Waals surface area contributed by atoms with Crippen molar-refractivity contribution in [2.45, 2.75) is 38.8 Å². The molecule has 0 bridgehead atoms. The normalized spacial score (nSPS) is 10.7. The molecule has 0 amide bonds. The molecule has 0 fully saturated rings. The van der Waals surface area contributed by atoms with E-state index in [-0.39, 0.29) is 5.56 Å². The average molecular weight is 318 g/mol. The van der Waals surface area contributed by atoms with Crippen LogP contribution in [0.2, 0.25) is 0 Å². The zero-order valence-corrected chi connectivity index (χ0v) is 14.1. The molecule has 118 valence electrons. The maximum absolute atomic E-state index is 11.3. The first-order chi connectivity index (χ1) is 10.5. The Morgan fingerprint density at radius 3 is 2.73 bits per heavy atom. The molecule has 0 aliphatic rings. The maximum atomic E-state index is 11.3. The van der Waals surface area contributed by atoms with Crippen molar-refractivity contribution >= 4 is 11.8 Å². The molecule has 4 nitrogen and oxygen atoms in total. The first-order valence-electron chi connectivity index (χ1n) is 7.45. The molecule has 2 aromatic rings. The summed E-state index contributed by atoms with van der Waals surface area (Å²) in [6.07, 6.45) is 2.00. The van der Waals surface area contributed by atoms with Crippen LogP contribution in [-0.2, 0) is 0 Å². The van der Waals surface area contributed by atoms with E-state index in [1.165, 1.54) is 17.2 Å². The summed E-state index contributed by atoms with van der Waals surface area (Å²) in [5, 5.41) is 0.695. The molecule has 1 heterocycles. The number of rotatable bonds is 7. The van der Waals surface area contributed by atoms with Crippen LogP contribution < -0.4 is 10.3 Å². The third-order valence-electron chi connectivity index (χ3n) is 3.21. The Morgan fingerprint density at radius 2 is 2.00 bits per heavy atom. The molecule has 0 aliphatic carbocycles. The minimum Gasteiger partial charge on any atom is -0.493 e. The van der Waals surface area contributed by atoms with Crippen LogP contribution in [0, 0.1) is 20.8 Å². The Hall–Kier alpha value is -1.75. The highest BCUT2D eigenvalue weighted by molar-refractivity contribution is 7.99. The number of hydrogen-bond acceptors (Lipinski definition) is 4. The second kappa shape index (κ2) is 8.03. The summed E-state index contributed by atoms with van der Waals surface area (Å²) in [5.41, 5.74) is 3.09. The summed E-state index contributed by atoms with van der Waals surface area (Å²) in [6, 6.07) is 7.73. The number of unbranched alkanes of at least 4 members (excludes halogenated alkanes) is 1.